The van der Waals surface area contributed by atoms with E-state index in [4.69, 9.17) is 6.42 Å². The molecule has 0 heterocycles. The van der Waals surface area contributed by atoms with E-state index in [0.717, 1.165) is 5.57 Å². The van der Waals surface area contributed by atoms with Crippen LogP contribution in [0, 0.1) is 24.2 Å². The Morgan fingerprint density at radius 2 is 2.33 bits per heavy atom. The maximum atomic E-state index is 4.98. The first kappa shape index (κ1) is 7.86. The van der Waals surface area contributed by atoms with Crippen molar-refractivity contribution in [3.05, 3.63) is 11.6 Å². The summed E-state index contributed by atoms with van der Waals surface area (Å²) in [5.74, 6) is 8.18. The van der Waals surface area contributed by atoms with Crippen molar-refractivity contribution in [1.29, 1.82) is 0 Å². The Morgan fingerprint density at radius 3 is 2.78 bits per heavy atom. The van der Waals surface area contributed by atoms with Gasteiger partial charge in [0.2, 0.25) is 0 Å². The van der Waals surface area contributed by atoms with E-state index in [1.165, 1.54) is 0 Å². The molecule has 0 aliphatic heterocycles. The van der Waals surface area contributed by atoms with Crippen LogP contribution < -0.4 is 0 Å². The summed E-state index contributed by atoms with van der Waals surface area (Å²) in [6.45, 7) is 3.92. The highest BCUT2D eigenvalue weighted by molar-refractivity contribution is 5.26. The highest BCUT2D eigenvalue weighted by Gasteiger charge is 1.71. The fourth-order valence-corrected chi connectivity index (χ4v) is 0.307. The van der Waals surface area contributed by atoms with Gasteiger partial charge in [0.25, 0.3) is 0 Å². The van der Waals surface area contributed by atoms with Crippen LogP contribution in [0.3, 0.4) is 0 Å². The van der Waals surface area contributed by atoms with Gasteiger partial charge >= 0.3 is 0 Å². The second-order valence-electron chi connectivity index (χ2n) is 1.65. The standard InChI is InChI=1S/C9H10/c1-4-6-7-8-9(3)5-2/h1,5H,6H2,2-3H3/b9-5-. The van der Waals surface area contributed by atoms with Gasteiger partial charge in [-0.15, -0.1) is 6.42 Å². The molecule has 0 bridgehead atoms. The molecule has 0 aromatic heterocycles. The minimum atomic E-state index is 0.547. The fraction of sp³-hybridized carbons (Fsp3) is 0.333. The molecule has 0 spiro atoms. The Morgan fingerprint density at radius 1 is 1.67 bits per heavy atom. The van der Waals surface area contributed by atoms with Crippen molar-refractivity contribution in [3.63, 3.8) is 0 Å². The first-order chi connectivity index (χ1) is 4.31. The lowest BCUT2D eigenvalue weighted by Crippen LogP contribution is -1.64. The molecule has 0 heteroatoms. The molecule has 0 rings (SSSR count). The van der Waals surface area contributed by atoms with E-state index in [1.807, 2.05) is 19.9 Å². The molecule has 0 aliphatic carbocycles. The van der Waals surface area contributed by atoms with Crippen molar-refractivity contribution >= 4 is 0 Å². The van der Waals surface area contributed by atoms with Crippen molar-refractivity contribution in [2.24, 2.45) is 0 Å². The second-order valence-corrected chi connectivity index (χ2v) is 1.65. The van der Waals surface area contributed by atoms with Crippen LogP contribution in [0.4, 0.5) is 0 Å². The molecule has 0 radical (unpaired) electrons. The topological polar surface area (TPSA) is 0 Å². The zero-order chi connectivity index (χ0) is 7.11. The third-order valence-electron chi connectivity index (χ3n) is 0.909. The number of rotatable bonds is 0. The maximum absolute atomic E-state index is 4.98. The largest absolute Gasteiger partial charge is 0.119 e. The summed E-state index contributed by atoms with van der Waals surface area (Å²) in [5, 5.41) is 0. The van der Waals surface area contributed by atoms with Gasteiger partial charge in [-0.25, -0.2) is 0 Å². The van der Waals surface area contributed by atoms with Crippen LogP contribution in [0.1, 0.15) is 20.3 Å². The lowest BCUT2D eigenvalue weighted by Gasteiger charge is -1.78. The van der Waals surface area contributed by atoms with Gasteiger partial charge in [0, 0.05) is 0 Å². The molecule has 46 valence electrons. The van der Waals surface area contributed by atoms with E-state index in [1.54, 1.807) is 0 Å². The van der Waals surface area contributed by atoms with E-state index in [2.05, 4.69) is 17.8 Å². The Bertz CT molecular complexity index is 190. The van der Waals surface area contributed by atoms with Gasteiger partial charge in [0.1, 0.15) is 0 Å². The molecule has 0 fully saturated rings. The Balaban J connectivity index is 3.77. The second kappa shape index (κ2) is 5.01. The van der Waals surface area contributed by atoms with Gasteiger partial charge < -0.3 is 0 Å². The van der Waals surface area contributed by atoms with Crippen LogP contribution >= 0.6 is 0 Å². The molecule has 0 nitrogen and oxygen atoms in total. The fourth-order valence-electron chi connectivity index (χ4n) is 0.307. The third-order valence-corrected chi connectivity index (χ3v) is 0.909. The van der Waals surface area contributed by atoms with Crippen LogP contribution in [0.5, 0.6) is 0 Å². The van der Waals surface area contributed by atoms with Crippen LogP contribution in [0.2, 0.25) is 0 Å². The number of terminal acetylenes is 1. The predicted octanol–water partition coefficient (Wildman–Crippen LogP) is 1.98. The van der Waals surface area contributed by atoms with Crippen LogP contribution in [0.15, 0.2) is 11.6 Å². The molecule has 0 aromatic rings. The summed E-state index contributed by atoms with van der Waals surface area (Å²) >= 11 is 0. The van der Waals surface area contributed by atoms with Crippen LogP contribution in [0.25, 0.3) is 0 Å². The zero-order valence-corrected chi connectivity index (χ0v) is 5.86. The van der Waals surface area contributed by atoms with E-state index in [-0.39, 0.29) is 0 Å². The first-order valence-electron chi connectivity index (χ1n) is 2.86. The molecule has 0 unspecified atom stereocenters. The molecule has 0 aliphatic rings. The van der Waals surface area contributed by atoms with Gasteiger partial charge in [-0.1, -0.05) is 23.8 Å². The van der Waals surface area contributed by atoms with Crippen molar-refractivity contribution in [2.45, 2.75) is 20.3 Å². The zero-order valence-electron chi connectivity index (χ0n) is 5.86. The lowest BCUT2D eigenvalue weighted by atomic mass is 10.3. The van der Waals surface area contributed by atoms with E-state index < -0.39 is 0 Å². The quantitative estimate of drug-likeness (QED) is 0.427. The predicted molar refractivity (Wildman–Crippen MR) is 40.7 cm³/mol. The SMILES string of the molecule is C#CCC#C/C(C)=C\C. The Hall–Kier alpha value is -1.14. The highest BCUT2D eigenvalue weighted by atomic mass is 13.8. The summed E-state index contributed by atoms with van der Waals surface area (Å²) in [5.41, 5.74) is 1.07. The molecule has 9 heavy (non-hydrogen) atoms. The van der Waals surface area contributed by atoms with Crippen molar-refractivity contribution in [2.75, 3.05) is 0 Å². The third kappa shape index (κ3) is 4.72. The van der Waals surface area contributed by atoms with Gasteiger partial charge in [-0.2, -0.15) is 0 Å². The molecule has 0 atom stereocenters. The molecular formula is C9H10. The molecule has 0 saturated heterocycles. The average Bonchev–Trinajstić information content (AvgIpc) is 1.89. The van der Waals surface area contributed by atoms with Crippen molar-refractivity contribution < 1.29 is 0 Å². The monoisotopic (exact) mass is 118 g/mol. The minimum absolute atomic E-state index is 0.547. The van der Waals surface area contributed by atoms with Gasteiger partial charge in [0.15, 0.2) is 0 Å². The summed E-state index contributed by atoms with van der Waals surface area (Å²) in [6.07, 6.45) is 7.49. The average molecular weight is 118 g/mol. The van der Waals surface area contributed by atoms with Gasteiger partial charge in [0.05, 0.1) is 6.42 Å². The highest BCUT2D eigenvalue weighted by Crippen LogP contribution is 1.86. The van der Waals surface area contributed by atoms with Gasteiger partial charge in [-0.05, 0) is 19.4 Å². The summed E-state index contributed by atoms with van der Waals surface area (Å²) < 4.78 is 0. The number of allylic oxidation sites excluding steroid dienone is 2. The molecule has 0 N–H and O–H groups in total. The first-order valence-corrected chi connectivity index (χ1v) is 2.86. The molecule has 0 saturated carbocycles. The smallest absolute Gasteiger partial charge is 0.0703 e. The Kier molecular flexibility index (Phi) is 4.37. The van der Waals surface area contributed by atoms with Crippen LogP contribution in [-0.2, 0) is 0 Å². The lowest BCUT2D eigenvalue weighted by molar-refractivity contribution is 1.50. The normalized spacial score (nSPS) is 9.22. The maximum Gasteiger partial charge on any atom is 0.0703 e. The van der Waals surface area contributed by atoms with Crippen molar-refractivity contribution in [3.8, 4) is 24.2 Å². The Labute approximate surface area is 57.0 Å². The van der Waals surface area contributed by atoms with E-state index in [0.29, 0.717) is 6.42 Å². The number of hydrogen-bond donors (Lipinski definition) is 0. The minimum Gasteiger partial charge on any atom is -0.119 e. The summed E-state index contributed by atoms with van der Waals surface area (Å²) in [7, 11) is 0. The van der Waals surface area contributed by atoms with E-state index in [9.17, 15) is 0 Å². The summed E-state index contributed by atoms with van der Waals surface area (Å²) in [6, 6.07) is 0. The van der Waals surface area contributed by atoms with Crippen molar-refractivity contribution in [1.82, 2.24) is 0 Å². The van der Waals surface area contributed by atoms with Gasteiger partial charge in [-0.3, -0.25) is 0 Å². The van der Waals surface area contributed by atoms with E-state index >= 15 is 0 Å². The molecular weight excluding hydrogens is 108 g/mol. The molecule has 0 aromatic carbocycles. The summed E-state index contributed by atoms with van der Waals surface area (Å²) in [4.78, 5) is 0. The molecule has 0 amide bonds. The number of hydrogen-bond acceptors (Lipinski definition) is 0. The van der Waals surface area contributed by atoms with Crippen LogP contribution in [-0.4, -0.2) is 0 Å².